The molecule has 0 amide bonds. The number of hydrogen-bond acceptors (Lipinski definition) is 2. The van der Waals surface area contributed by atoms with Crippen molar-refractivity contribution in [2.45, 2.75) is 38.1 Å². The fourth-order valence-corrected chi connectivity index (χ4v) is 2.56. The van der Waals surface area contributed by atoms with Crippen molar-refractivity contribution in [1.29, 1.82) is 0 Å². The molecule has 0 spiro atoms. The quantitative estimate of drug-likeness (QED) is 0.840. The summed E-state index contributed by atoms with van der Waals surface area (Å²) in [6, 6.07) is 10.1. The van der Waals surface area contributed by atoms with Crippen molar-refractivity contribution >= 4 is 5.97 Å². The van der Waals surface area contributed by atoms with Crippen LogP contribution < -0.4 is 0 Å². The largest absolute Gasteiger partial charge is 0.480 e. The molecule has 3 nitrogen and oxygen atoms in total. The van der Waals surface area contributed by atoms with E-state index in [1.165, 1.54) is 5.56 Å². The van der Waals surface area contributed by atoms with Crippen LogP contribution in [0.5, 0.6) is 0 Å². The Kier molecular flexibility index (Phi) is 4.37. The number of benzene rings is 1. The number of hydrogen-bond donors (Lipinski definition) is 1. The Hall–Kier alpha value is -1.35. The average Bonchev–Trinajstić information content (AvgIpc) is 2.32. The molecule has 1 fully saturated rings. The molecule has 0 aliphatic carbocycles. The van der Waals surface area contributed by atoms with E-state index >= 15 is 0 Å². The summed E-state index contributed by atoms with van der Waals surface area (Å²) in [5.74, 6) is -0.162. The van der Waals surface area contributed by atoms with Gasteiger partial charge in [0.15, 0.2) is 0 Å². The van der Waals surface area contributed by atoms with Gasteiger partial charge in [0.2, 0.25) is 0 Å². The number of nitrogens with zero attached hydrogens (tertiary/aromatic N) is 1. The Morgan fingerprint density at radius 1 is 1.39 bits per heavy atom. The van der Waals surface area contributed by atoms with Gasteiger partial charge >= 0.3 is 5.97 Å². The SMILES string of the molecule is CCCCC(C(=O)O)N1CC(c2ccccc2)C1. The van der Waals surface area contributed by atoms with E-state index in [1.807, 2.05) is 18.2 Å². The first kappa shape index (κ1) is 13.1. The molecule has 1 aliphatic rings. The zero-order chi connectivity index (χ0) is 13.0. The lowest BCUT2D eigenvalue weighted by Gasteiger charge is -2.43. The number of rotatable bonds is 6. The van der Waals surface area contributed by atoms with Crippen LogP contribution in [-0.2, 0) is 4.79 Å². The number of carboxylic acids is 1. The van der Waals surface area contributed by atoms with E-state index in [2.05, 4.69) is 24.0 Å². The summed E-state index contributed by atoms with van der Waals surface area (Å²) in [5.41, 5.74) is 1.33. The van der Waals surface area contributed by atoms with Crippen LogP contribution in [0.1, 0.15) is 37.7 Å². The van der Waals surface area contributed by atoms with Gasteiger partial charge in [-0.2, -0.15) is 0 Å². The van der Waals surface area contributed by atoms with Gasteiger partial charge in [0.25, 0.3) is 0 Å². The number of carbonyl (C=O) groups is 1. The molecule has 1 heterocycles. The Morgan fingerprint density at radius 3 is 2.61 bits per heavy atom. The van der Waals surface area contributed by atoms with Crippen LogP contribution in [0, 0.1) is 0 Å². The van der Waals surface area contributed by atoms with E-state index in [1.54, 1.807) is 0 Å². The lowest BCUT2D eigenvalue weighted by Crippen LogP contribution is -2.53. The van der Waals surface area contributed by atoms with Crippen molar-refractivity contribution in [2.24, 2.45) is 0 Å². The zero-order valence-electron chi connectivity index (χ0n) is 10.9. The molecular weight excluding hydrogens is 226 g/mol. The fourth-order valence-electron chi connectivity index (χ4n) is 2.56. The third kappa shape index (κ3) is 2.91. The summed E-state index contributed by atoms with van der Waals surface area (Å²) >= 11 is 0. The van der Waals surface area contributed by atoms with E-state index in [4.69, 9.17) is 0 Å². The van der Waals surface area contributed by atoms with E-state index in [0.717, 1.165) is 32.4 Å². The Bertz CT molecular complexity index is 385. The molecule has 1 N–H and O–H groups in total. The van der Waals surface area contributed by atoms with Gasteiger partial charge in [-0.1, -0.05) is 50.1 Å². The van der Waals surface area contributed by atoms with Gasteiger partial charge in [-0.3, -0.25) is 9.69 Å². The van der Waals surface area contributed by atoms with Crippen LogP contribution in [-0.4, -0.2) is 35.1 Å². The first-order chi connectivity index (χ1) is 8.72. The van der Waals surface area contributed by atoms with Crippen molar-refractivity contribution in [2.75, 3.05) is 13.1 Å². The second-order valence-corrected chi connectivity index (χ2v) is 5.06. The van der Waals surface area contributed by atoms with Gasteiger partial charge in [-0.15, -0.1) is 0 Å². The molecule has 1 atom stereocenters. The second-order valence-electron chi connectivity index (χ2n) is 5.06. The van der Waals surface area contributed by atoms with E-state index in [-0.39, 0.29) is 6.04 Å². The minimum atomic E-state index is -0.671. The normalized spacial score (nSPS) is 18.3. The number of likely N-dealkylation sites (tertiary alicyclic amines) is 1. The van der Waals surface area contributed by atoms with Crippen molar-refractivity contribution in [3.63, 3.8) is 0 Å². The summed E-state index contributed by atoms with van der Waals surface area (Å²) in [6.45, 7) is 3.86. The average molecular weight is 247 g/mol. The third-order valence-corrected chi connectivity index (χ3v) is 3.74. The summed E-state index contributed by atoms with van der Waals surface area (Å²) in [4.78, 5) is 13.3. The van der Waals surface area contributed by atoms with Gasteiger partial charge < -0.3 is 5.11 Å². The van der Waals surface area contributed by atoms with Crippen molar-refractivity contribution in [3.8, 4) is 0 Å². The van der Waals surface area contributed by atoms with Gasteiger partial charge in [0.05, 0.1) is 0 Å². The highest BCUT2D eigenvalue weighted by atomic mass is 16.4. The van der Waals surface area contributed by atoms with E-state index in [0.29, 0.717) is 5.92 Å². The maximum Gasteiger partial charge on any atom is 0.320 e. The van der Waals surface area contributed by atoms with Gasteiger partial charge in [-0.25, -0.2) is 0 Å². The summed E-state index contributed by atoms with van der Waals surface area (Å²) in [7, 11) is 0. The van der Waals surface area contributed by atoms with Crippen LogP contribution in [0.4, 0.5) is 0 Å². The van der Waals surface area contributed by atoms with E-state index in [9.17, 15) is 9.90 Å². The van der Waals surface area contributed by atoms with Crippen LogP contribution in [0.2, 0.25) is 0 Å². The lowest BCUT2D eigenvalue weighted by molar-refractivity contribution is -0.145. The molecule has 1 aromatic carbocycles. The Balaban J connectivity index is 1.88. The molecule has 18 heavy (non-hydrogen) atoms. The van der Waals surface area contributed by atoms with Gasteiger partial charge in [-0.05, 0) is 12.0 Å². The fraction of sp³-hybridized carbons (Fsp3) is 0.533. The molecule has 1 aliphatic heterocycles. The first-order valence-electron chi connectivity index (χ1n) is 6.74. The molecule has 1 aromatic rings. The van der Waals surface area contributed by atoms with Crippen LogP contribution >= 0.6 is 0 Å². The molecule has 3 heteroatoms. The molecule has 0 radical (unpaired) electrons. The number of aliphatic carboxylic acids is 1. The third-order valence-electron chi connectivity index (χ3n) is 3.74. The van der Waals surface area contributed by atoms with Crippen LogP contribution in [0.3, 0.4) is 0 Å². The molecule has 0 bridgehead atoms. The van der Waals surface area contributed by atoms with Crippen molar-refractivity contribution in [3.05, 3.63) is 35.9 Å². The highest BCUT2D eigenvalue weighted by Gasteiger charge is 2.36. The minimum absolute atomic E-state index is 0.287. The lowest BCUT2D eigenvalue weighted by atomic mass is 9.89. The smallest absolute Gasteiger partial charge is 0.320 e. The molecule has 1 saturated heterocycles. The maximum absolute atomic E-state index is 11.2. The van der Waals surface area contributed by atoms with Crippen molar-refractivity contribution in [1.82, 2.24) is 4.90 Å². The minimum Gasteiger partial charge on any atom is -0.480 e. The second kappa shape index (κ2) is 6.01. The molecule has 0 saturated carbocycles. The predicted octanol–water partition coefficient (Wildman–Crippen LogP) is 2.73. The summed E-state index contributed by atoms with van der Waals surface area (Å²) in [5, 5.41) is 9.25. The Morgan fingerprint density at radius 2 is 2.06 bits per heavy atom. The highest BCUT2D eigenvalue weighted by Crippen LogP contribution is 2.29. The van der Waals surface area contributed by atoms with Crippen LogP contribution in [0.25, 0.3) is 0 Å². The number of carboxylic acid groups (broad SMARTS) is 1. The van der Waals surface area contributed by atoms with Gasteiger partial charge in [0, 0.05) is 19.0 Å². The van der Waals surface area contributed by atoms with Crippen molar-refractivity contribution < 1.29 is 9.90 Å². The predicted molar refractivity (Wildman–Crippen MR) is 71.7 cm³/mol. The van der Waals surface area contributed by atoms with Gasteiger partial charge in [0.1, 0.15) is 6.04 Å². The first-order valence-corrected chi connectivity index (χ1v) is 6.74. The molecule has 2 rings (SSSR count). The molecule has 98 valence electrons. The molecular formula is C15H21NO2. The monoisotopic (exact) mass is 247 g/mol. The maximum atomic E-state index is 11.2. The number of unbranched alkanes of at least 4 members (excludes halogenated alkanes) is 1. The summed E-state index contributed by atoms with van der Waals surface area (Å²) in [6.07, 6.45) is 2.82. The standard InChI is InChI=1S/C15H21NO2/c1-2-3-9-14(15(17)18)16-10-13(11-16)12-7-5-4-6-8-12/h4-8,13-14H,2-3,9-11H2,1H3,(H,17,18). The molecule has 0 aromatic heterocycles. The topological polar surface area (TPSA) is 40.5 Å². The van der Waals surface area contributed by atoms with Crippen LogP contribution in [0.15, 0.2) is 30.3 Å². The summed E-state index contributed by atoms with van der Waals surface area (Å²) < 4.78 is 0. The zero-order valence-corrected chi connectivity index (χ0v) is 10.9. The molecule has 1 unspecified atom stereocenters. The van der Waals surface area contributed by atoms with E-state index < -0.39 is 5.97 Å². The Labute approximate surface area is 108 Å². The highest BCUT2D eigenvalue weighted by molar-refractivity contribution is 5.73.